The maximum absolute atomic E-state index is 5.28. The number of nitrogens with zero attached hydrogens (tertiary/aromatic N) is 9. The standard InChI is InChI=1S/C61H41N9/c1-3-16-53-45(4-2)48-33-41(25-28-55(48)69(53)44-27-30-56-50(35-44)47-31-32-62-38-58(47)68(56)43-21-12-7-13-22-43)51-36-63-37-52(64-51)42-26-29-57-49(34-42)46-23-14-15-24-54(46)70(57)61-66-59(39-17-8-5-9-18-39)65-60(67-61)40-19-10-6-11-20-40/h3-38H,2H2,1H3/b16-3-. The molecule has 6 aromatic heterocycles. The number of para-hydroxylation sites is 2. The fraction of sp³-hybridized carbons (Fsp3) is 0.0164. The summed E-state index contributed by atoms with van der Waals surface area (Å²) in [6, 6.07) is 60.8. The van der Waals surface area contributed by atoms with E-state index in [9.17, 15) is 0 Å². The third kappa shape index (κ3) is 6.63. The van der Waals surface area contributed by atoms with Gasteiger partial charge in [0.05, 0.1) is 63.3 Å². The van der Waals surface area contributed by atoms with Crippen molar-refractivity contribution in [3.05, 3.63) is 225 Å². The van der Waals surface area contributed by atoms with Gasteiger partial charge in [0.25, 0.3) is 0 Å². The van der Waals surface area contributed by atoms with Crippen molar-refractivity contribution < 1.29 is 0 Å². The van der Waals surface area contributed by atoms with E-state index in [-0.39, 0.29) is 0 Å². The topological polar surface area (TPSA) is 92.1 Å². The van der Waals surface area contributed by atoms with Gasteiger partial charge in [0.15, 0.2) is 11.6 Å². The van der Waals surface area contributed by atoms with Crippen LogP contribution in [0.15, 0.2) is 213 Å². The Kier molecular flexibility index (Phi) is 9.65. The Morgan fingerprint density at radius 1 is 0.414 bits per heavy atom. The molecule has 0 atom stereocenters. The van der Waals surface area contributed by atoms with Crippen molar-refractivity contribution in [1.29, 1.82) is 0 Å². The lowest BCUT2D eigenvalue weighted by molar-refractivity contribution is 0.953. The Bertz CT molecular complexity index is 4150. The van der Waals surface area contributed by atoms with Crippen LogP contribution in [0, 0.1) is 0 Å². The molecule has 0 saturated heterocycles. The molecule has 0 N–H and O–H groups in total. The molecule has 0 unspecified atom stereocenters. The van der Waals surface area contributed by atoms with E-state index in [1.54, 1.807) is 0 Å². The second kappa shape index (κ2) is 16.6. The van der Waals surface area contributed by atoms with Gasteiger partial charge in [-0.25, -0.2) is 9.97 Å². The summed E-state index contributed by atoms with van der Waals surface area (Å²) in [6.07, 6.45) is 13.7. The summed E-state index contributed by atoms with van der Waals surface area (Å²) in [7, 11) is 0. The predicted octanol–water partition coefficient (Wildman–Crippen LogP) is 14.5. The summed E-state index contributed by atoms with van der Waals surface area (Å²) in [4.78, 5) is 29.7. The van der Waals surface area contributed by atoms with Crippen molar-refractivity contribution in [2.75, 3.05) is 0 Å². The number of benzene rings is 7. The van der Waals surface area contributed by atoms with E-state index in [4.69, 9.17) is 24.9 Å². The maximum atomic E-state index is 5.28. The highest BCUT2D eigenvalue weighted by Gasteiger charge is 2.21. The molecule has 13 rings (SSSR count). The Morgan fingerprint density at radius 2 is 0.986 bits per heavy atom. The van der Waals surface area contributed by atoms with Crippen LogP contribution in [0.3, 0.4) is 0 Å². The first-order valence-electron chi connectivity index (χ1n) is 23.2. The SMILES string of the molecule is C=Cc1c(/C=C\C)n(-c2ccc3c(c2)c2ccncc2n3-c2ccccc2)c2ccc(-c3cncc(-c4ccc5c(c4)c4ccccc4n5-c4nc(-c5ccccc5)nc(-c5ccccc5)n4)n3)cc12. The first kappa shape index (κ1) is 40.7. The molecular weight excluding hydrogens is 859 g/mol. The molecule has 0 aliphatic rings. The van der Waals surface area contributed by atoms with Gasteiger partial charge in [0.1, 0.15) is 0 Å². The molecule has 0 bridgehead atoms. The minimum atomic E-state index is 0.544. The van der Waals surface area contributed by atoms with Crippen LogP contribution < -0.4 is 0 Å². The number of rotatable bonds is 9. The van der Waals surface area contributed by atoms with E-state index in [1.807, 2.05) is 97.6 Å². The van der Waals surface area contributed by atoms with Crippen molar-refractivity contribution in [3.8, 4) is 62.6 Å². The van der Waals surface area contributed by atoms with Crippen LogP contribution in [0.1, 0.15) is 18.2 Å². The molecule has 0 radical (unpaired) electrons. The molecule has 0 saturated carbocycles. The molecule has 70 heavy (non-hydrogen) atoms. The third-order valence-electron chi connectivity index (χ3n) is 13.2. The summed E-state index contributed by atoms with van der Waals surface area (Å²) in [6.45, 7) is 6.37. The Balaban J connectivity index is 0.914. The first-order chi connectivity index (χ1) is 34.6. The predicted molar refractivity (Wildman–Crippen MR) is 285 cm³/mol. The molecule has 7 aromatic carbocycles. The van der Waals surface area contributed by atoms with Crippen LogP contribution in [0.4, 0.5) is 0 Å². The van der Waals surface area contributed by atoms with Gasteiger partial charge in [0, 0.05) is 72.3 Å². The van der Waals surface area contributed by atoms with Crippen LogP contribution in [-0.2, 0) is 0 Å². The molecule has 0 aliphatic heterocycles. The summed E-state index contributed by atoms with van der Waals surface area (Å²) in [5.41, 5.74) is 14.7. The van der Waals surface area contributed by atoms with E-state index in [2.05, 4.69) is 154 Å². The molecule has 13 aromatic rings. The number of allylic oxidation sites excluding steroid dienone is 1. The lowest BCUT2D eigenvalue weighted by Gasteiger charge is -2.11. The molecule has 0 spiro atoms. The molecule has 0 amide bonds. The number of aromatic nitrogens is 9. The van der Waals surface area contributed by atoms with Crippen LogP contribution in [0.25, 0.3) is 129 Å². The van der Waals surface area contributed by atoms with E-state index in [0.717, 1.165) is 111 Å². The Morgan fingerprint density at radius 3 is 1.67 bits per heavy atom. The zero-order valence-electron chi connectivity index (χ0n) is 38.0. The minimum Gasteiger partial charge on any atom is -0.309 e. The van der Waals surface area contributed by atoms with Gasteiger partial charge in [-0.15, -0.1) is 0 Å². The third-order valence-corrected chi connectivity index (χ3v) is 13.2. The van der Waals surface area contributed by atoms with Crippen molar-refractivity contribution in [2.45, 2.75) is 6.92 Å². The average molecular weight is 900 g/mol. The molecule has 9 heteroatoms. The van der Waals surface area contributed by atoms with Crippen LogP contribution in [0.2, 0.25) is 0 Å². The molecule has 330 valence electrons. The molecule has 6 heterocycles. The molecular formula is C61H41N9. The average Bonchev–Trinajstić information content (AvgIpc) is 4.06. The van der Waals surface area contributed by atoms with Crippen LogP contribution >= 0.6 is 0 Å². The molecule has 0 aliphatic carbocycles. The van der Waals surface area contributed by atoms with Gasteiger partial charge >= 0.3 is 0 Å². The zero-order valence-corrected chi connectivity index (χ0v) is 38.0. The lowest BCUT2D eigenvalue weighted by atomic mass is 10.0. The van der Waals surface area contributed by atoms with Gasteiger partial charge < -0.3 is 9.13 Å². The monoisotopic (exact) mass is 899 g/mol. The second-order valence-electron chi connectivity index (χ2n) is 17.2. The normalized spacial score (nSPS) is 11.8. The quantitative estimate of drug-likeness (QED) is 0.143. The Labute approximate surface area is 402 Å². The van der Waals surface area contributed by atoms with E-state index in [0.29, 0.717) is 17.6 Å². The van der Waals surface area contributed by atoms with Crippen molar-refractivity contribution in [3.63, 3.8) is 0 Å². The first-order valence-corrected chi connectivity index (χ1v) is 23.2. The van der Waals surface area contributed by atoms with Crippen molar-refractivity contribution in [1.82, 2.24) is 43.6 Å². The van der Waals surface area contributed by atoms with Crippen molar-refractivity contribution in [2.24, 2.45) is 0 Å². The number of hydrogen-bond acceptors (Lipinski definition) is 6. The van der Waals surface area contributed by atoms with E-state index < -0.39 is 0 Å². The van der Waals surface area contributed by atoms with Crippen molar-refractivity contribution >= 4 is 66.7 Å². The smallest absolute Gasteiger partial charge is 0.238 e. The van der Waals surface area contributed by atoms with Gasteiger partial charge in [-0.2, -0.15) is 9.97 Å². The van der Waals surface area contributed by atoms with Gasteiger partial charge in [-0.3, -0.25) is 14.5 Å². The summed E-state index contributed by atoms with van der Waals surface area (Å²) < 4.78 is 6.75. The van der Waals surface area contributed by atoms with Gasteiger partial charge in [-0.1, -0.05) is 128 Å². The highest BCUT2D eigenvalue weighted by molar-refractivity contribution is 6.11. The van der Waals surface area contributed by atoms with E-state index in [1.165, 1.54) is 0 Å². The molecule has 9 nitrogen and oxygen atoms in total. The van der Waals surface area contributed by atoms with Crippen LogP contribution in [-0.4, -0.2) is 43.6 Å². The van der Waals surface area contributed by atoms with Gasteiger partial charge in [-0.05, 0) is 79.7 Å². The Hall–Kier alpha value is -9.60. The zero-order chi connectivity index (χ0) is 46.7. The largest absolute Gasteiger partial charge is 0.309 e. The number of hydrogen-bond donors (Lipinski definition) is 0. The fourth-order valence-electron chi connectivity index (χ4n) is 10.0. The summed E-state index contributed by atoms with van der Waals surface area (Å²) in [5, 5.41) is 5.50. The minimum absolute atomic E-state index is 0.544. The van der Waals surface area contributed by atoms with E-state index >= 15 is 0 Å². The molecule has 0 fully saturated rings. The highest BCUT2D eigenvalue weighted by Crippen LogP contribution is 2.39. The lowest BCUT2D eigenvalue weighted by Crippen LogP contribution is -2.06. The maximum Gasteiger partial charge on any atom is 0.238 e. The summed E-state index contributed by atoms with van der Waals surface area (Å²) in [5.74, 6) is 1.76. The number of fused-ring (bicyclic) bond motifs is 7. The number of pyridine rings is 1. The van der Waals surface area contributed by atoms with Crippen LogP contribution in [0.5, 0.6) is 0 Å². The fourth-order valence-corrected chi connectivity index (χ4v) is 10.0. The van der Waals surface area contributed by atoms with Gasteiger partial charge in [0.2, 0.25) is 5.95 Å². The second-order valence-corrected chi connectivity index (χ2v) is 17.2. The highest BCUT2D eigenvalue weighted by atomic mass is 15.2. The summed E-state index contributed by atoms with van der Waals surface area (Å²) >= 11 is 0.